The number of rotatable bonds is 6. The maximum atomic E-state index is 13.1. The number of carbonyl (C=O) groups excluding carboxylic acids is 1. The Kier molecular flexibility index (Phi) is 9.86. The Balaban J connectivity index is 0.00000420. The quantitative estimate of drug-likeness (QED) is 0.178. The molecule has 0 heterocycles. The zero-order valence-electron chi connectivity index (χ0n) is 15.5. The molecule has 0 atom stereocenters. The van der Waals surface area contributed by atoms with Crippen LogP contribution in [0.2, 0.25) is 0 Å². The van der Waals surface area contributed by atoms with E-state index in [-0.39, 0.29) is 41.9 Å². The molecular formula is C19H21F4IN4O. The van der Waals surface area contributed by atoms with E-state index in [1.54, 1.807) is 19.2 Å². The summed E-state index contributed by atoms with van der Waals surface area (Å²) in [5.41, 5.74) is 0.0825. The minimum atomic E-state index is -4.44. The predicted molar refractivity (Wildman–Crippen MR) is 114 cm³/mol. The monoisotopic (exact) mass is 524 g/mol. The molecule has 10 heteroatoms. The van der Waals surface area contributed by atoms with Crippen LogP contribution in [0, 0.1) is 5.82 Å². The van der Waals surface area contributed by atoms with E-state index in [1.807, 2.05) is 0 Å². The van der Waals surface area contributed by atoms with Gasteiger partial charge in [-0.25, -0.2) is 4.39 Å². The molecule has 0 aliphatic carbocycles. The van der Waals surface area contributed by atoms with E-state index in [2.05, 4.69) is 20.9 Å². The van der Waals surface area contributed by atoms with Gasteiger partial charge in [0.15, 0.2) is 5.96 Å². The van der Waals surface area contributed by atoms with Gasteiger partial charge in [0, 0.05) is 32.2 Å². The predicted octanol–water partition coefficient (Wildman–Crippen LogP) is 3.56. The van der Waals surface area contributed by atoms with Crippen molar-refractivity contribution >= 4 is 35.8 Å². The zero-order valence-corrected chi connectivity index (χ0v) is 17.8. The number of benzene rings is 2. The molecule has 0 fully saturated rings. The van der Waals surface area contributed by atoms with Crippen LogP contribution in [0.5, 0.6) is 0 Å². The lowest BCUT2D eigenvalue weighted by molar-refractivity contribution is -0.137. The first-order valence-electron chi connectivity index (χ1n) is 8.44. The topological polar surface area (TPSA) is 65.5 Å². The van der Waals surface area contributed by atoms with Crippen molar-refractivity contribution in [2.75, 3.05) is 20.1 Å². The Bertz CT molecular complexity index is 826. The van der Waals surface area contributed by atoms with Crippen molar-refractivity contribution in [2.24, 2.45) is 4.99 Å². The molecule has 0 spiro atoms. The summed E-state index contributed by atoms with van der Waals surface area (Å²) >= 11 is 0. The van der Waals surface area contributed by atoms with E-state index < -0.39 is 17.6 Å². The third-order valence-electron chi connectivity index (χ3n) is 3.75. The van der Waals surface area contributed by atoms with Crippen LogP contribution in [0.4, 0.5) is 17.6 Å². The maximum absolute atomic E-state index is 13.1. The Labute approximate surface area is 183 Å². The summed E-state index contributed by atoms with van der Waals surface area (Å²) in [4.78, 5) is 16.0. The van der Waals surface area contributed by atoms with Crippen LogP contribution < -0.4 is 16.0 Å². The van der Waals surface area contributed by atoms with Gasteiger partial charge in [0.1, 0.15) is 5.82 Å². The van der Waals surface area contributed by atoms with Crippen molar-refractivity contribution < 1.29 is 22.4 Å². The van der Waals surface area contributed by atoms with Gasteiger partial charge in [-0.05, 0) is 42.0 Å². The second kappa shape index (κ2) is 11.6. The molecule has 0 unspecified atom stereocenters. The van der Waals surface area contributed by atoms with Gasteiger partial charge in [-0.2, -0.15) is 13.2 Å². The highest BCUT2D eigenvalue weighted by molar-refractivity contribution is 14.0. The Hall–Kier alpha value is -2.37. The number of aliphatic imine (C=N–C) groups is 1. The second-order valence-corrected chi connectivity index (χ2v) is 5.81. The lowest BCUT2D eigenvalue weighted by Gasteiger charge is -2.13. The summed E-state index contributed by atoms with van der Waals surface area (Å²) in [6, 6.07) is 10.1. The smallest absolute Gasteiger partial charge is 0.355 e. The molecule has 2 rings (SSSR count). The molecule has 3 N–H and O–H groups in total. The highest BCUT2D eigenvalue weighted by Gasteiger charge is 2.30. The second-order valence-electron chi connectivity index (χ2n) is 5.81. The zero-order chi connectivity index (χ0) is 20.6. The summed E-state index contributed by atoms with van der Waals surface area (Å²) in [6.45, 7) is 0.949. The van der Waals surface area contributed by atoms with Crippen LogP contribution in [0.1, 0.15) is 21.5 Å². The van der Waals surface area contributed by atoms with E-state index in [9.17, 15) is 22.4 Å². The van der Waals surface area contributed by atoms with Crippen molar-refractivity contribution in [2.45, 2.75) is 12.7 Å². The molecule has 0 aromatic heterocycles. The van der Waals surface area contributed by atoms with Gasteiger partial charge in [-0.1, -0.05) is 12.1 Å². The number of halogens is 5. The molecule has 0 saturated heterocycles. The molecule has 29 heavy (non-hydrogen) atoms. The number of alkyl halides is 3. The number of amides is 1. The molecule has 0 bridgehead atoms. The molecule has 158 valence electrons. The van der Waals surface area contributed by atoms with Crippen LogP contribution in [0.25, 0.3) is 0 Å². The van der Waals surface area contributed by atoms with Crippen molar-refractivity contribution in [3.63, 3.8) is 0 Å². The van der Waals surface area contributed by atoms with Gasteiger partial charge in [0.2, 0.25) is 0 Å². The fourth-order valence-electron chi connectivity index (χ4n) is 2.32. The summed E-state index contributed by atoms with van der Waals surface area (Å²) in [7, 11) is 1.57. The Morgan fingerprint density at radius 3 is 2.24 bits per heavy atom. The third-order valence-corrected chi connectivity index (χ3v) is 3.75. The number of nitrogens with one attached hydrogen (secondary N) is 3. The highest BCUT2D eigenvalue weighted by atomic mass is 127. The van der Waals surface area contributed by atoms with Crippen molar-refractivity contribution in [3.05, 3.63) is 71.0 Å². The average molecular weight is 524 g/mol. The van der Waals surface area contributed by atoms with Crippen LogP contribution in [-0.4, -0.2) is 32.0 Å². The van der Waals surface area contributed by atoms with Crippen LogP contribution in [0.3, 0.4) is 0 Å². The number of carbonyl (C=O) groups is 1. The number of guanidine groups is 1. The lowest BCUT2D eigenvalue weighted by atomic mass is 10.1. The Morgan fingerprint density at radius 1 is 1.00 bits per heavy atom. The van der Waals surface area contributed by atoms with Gasteiger partial charge in [-0.15, -0.1) is 24.0 Å². The van der Waals surface area contributed by atoms with Crippen LogP contribution in [-0.2, 0) is 12.7 Å². The molecule has 0 aliphatic rings. The molecule has 2 aromatic carbocycles. The summed E-state index contributed by atoms with van der Waals surface area (Å²) in [5.74, 6) is -0.334. The molecule has 0 saturated carbocycles. The van der Waals surface area contributed by atoms with Gasteiger partial charge < -0.3 is 16.0 Å². The largest absolute Gasteiger partial charge is 0.416 e. The van der Waals surface area contributed by atoms with Crippen LogP contribution in [0.15, 0.2) is 53.5 Å². The van der Waals surface area contributed by atoms with Gasteiger partial charge in [0.25, 0.3) is 5.91 Å². The SMILES string of the molecule is CN=C(NCCNC(=O)c1ccc(C(F)(F)F)cc1)NCc1cccc(F)c1.I. The van der Waals surface area contributed by atoms with Crippen LogP contribution >= 0.6 is 24.0 Å². The van der Waals surface area contributed by atoms with E-state index in [4.69, 9.17) is 0 Å². The Morgan fingerprint density at radius 2 is 1.66 bits per heavy atom. The highest BCUT2D eigenvalue weighted by Crippen LogP contribution is 2.29. The van der Waals surface area contributed by atoms with E-state index in [0.717, 1.165) is 29.8 Å². The lowest BCUT2D eigenvalue weighted by Crippen LogP contribution is -2.41. The van der Waals surface area contributed by atoms with Gasteiger partial charge in [-0.3, -0.25) is 9.79 Å². The fraction of sp³-hybridized carbons (Fsp3) is 0.263. The minimum absolute atomic E-state index is 0. The van der Waals surface area contributed by atoms with Crippen molar-refractivity contribution in [1.29, 1.82) is 0 Å². The maximum Gasteiger partial charge on any atom is 0.416 e. The van der Waals surface area contributed by atoms with Crippen molar-refractivity contribution in [3.8, 4) is 0 Å². The molecule has 2 aromatic rings. The van der Waals surface area contributed by atoms with E-state index in [0.29, 0.717) is 19.0 Å². The number of hydrogen-bond donors (Lipinski definition) is 3. The summed E-state index contributed by atoms with van der Waals surface area (Å²) < 4.78 is 50.7. The minimum Gasteiger partial charge on any atom is -0.355 e. The molecular weight excluding hydrogens is 503 g/mol. The normalized spacial score (nSPS) is 11.4. The first-order chi connectivity index (χ1) is 13.3. The summed E-state index contributed by atoms with van der Waals surface area (Å²) in [6.07, 6.45) is -4.44. The van der Waals surface area contributed by atoms with E-state index >= 15 is 0 Å². The third kappa shape index (κ3) is 8.26. The standard InChI is InChI=1S/C19H20F4N4O.HI/c1-24-18(27-12-13-3-2-4-16(20)11-13)26-10-9-25-17(28)14-5-7-15(8-6-14)19(21,22)23;/h2-8,11H,9-10,12H2,1H3,(H,25,28)(H2,24,26,27);1H. The molecule has 1 amide bonds. The first-order valence-corrected chi connectivity index (χ1v) is 8.44. The fourth-order valence-corrected chi connectivity index (χ4v) is 2.32. The molecule has 5 nitrogen and oxygen atoms in total. The molecule has 0 aliphatic heterocycles. The molecule has 0 radical (unpaired) electrons. The number of nitrogens with zero attached hydrogens (tertiary/aromatic N) is 1. The number of hydrogen-bond acceptors (Lipinski definition) is 2. The van der Waals surface area contributed by atoms with Gasteiger partial charge >= 0.3 is 6.18 Å². The summed E-state index contributed by atoms with van der Waals surface area (Å²) in [5, 5.41) is 8.58. The first kappa shape index (κ1) is 24.7. The average Bonchev–Trinajstić information content (AvgIpc) is 2.66. The van der Waals surface area contributed by atoms with E-state index in [1.165, 1.54) is 12.1 Å². The van der Waals surface area contributed by atoms with Gasteiger partial charge in [0.05, 0.1) is 5.56 Å². The van der Waals surface area contributed by atoms with Crippen molar-refractivity contribution in [1.82, 2.24) is 16.0 Å².